The van der Waals surface area contributed by atoms with E-state index in [1.807, 2.05) is 0 Å². The minimum Gasteiger partial charge on any atom is -0.188 e. The van der Waals surface area contributed by atoms with Crippen molar-refractivity contribution in [1.29, 1.82) is 0 Å². The molecule has 0 heterocycles. The Balaban J connectivity index is 2.54. The van der Waals surface area contributed by atoms with Crippen LogP contribution in [0.15, 0.2) is 0 Å². The van der Waals surface area contributed by atoms with Crippen LogP contribution in [-0.4, -0.2) is 19.2 Å². The van der Waals surface area contributed by atoms with Gasteiger partial charge in [-0.2, -0.15) is 9.45 Å². The first-order chi connectivity index (χ1) is 2.27. The summed E-state index contributed by atoms with van der Waals surface area (Å²) >= 11 is 4.76. The van der Waals surface area contributed by atoms with Crippen LogP contribution in [0.1, 0.15) is 0 Å². The molecular weight excluding hydrogens is 89.5 g/mol. The summed E-state index contributed by atoms with van der Waals surface area (Å²) in [6, 6.07) is 0. The van der Waals surface area contributed by atoms with Gasteiger partial charge in [0.05, 0.1) is 11.9 Å². The third kappa shape index (κ3) is 4.21. The molecule has 2 nitrogen and oxygen atoms in total. The molecule has 0 unspecified atom stereocenters. The van der Waals surface area contributed by atoms with Crippen molar-refractivity contribution in [3.63, 3.8) is 0 Å². The van der Waals surface area contributed by atoms with Crippen molar-refractivity contribution in [2.24, 2.45) is 0 Å². The van der Waals surface area contributed by atoms with Crippen LogP contribution in [0, 0.1) is 0 Å². The fourth-order valence-corrected chi connectivity index (χ4v) is 0. The van der Waals surface area contributed by atoms with E-state index in [1.54, 1.807) is 14.1 Å². The lowest BCUT2D eigenvalue weighted by Gasteiger charge is -1.96. The van der Waals surface area contributed by atoms with Crippen molar-refractivity contribution in [2.45, 2.75) is 0 Å². The highest BCUT2D eigenvalue weighted by atomic mass is 35.5. The van der Waals surface area contributed by atoms with Gasteiger partial charge in [-0.05, 0) is 0 Å². The number of rotatable bonds is 1. The highest BCUT2D eigenvalue weighted by molar-refractivity contribution is 6.07. The molecule has 0 atom stereocenters. The third-order valence-electron chi connectivity index (χ3n) is 0.138. The van der Waals surface area contributed by atoms with Gasteiger partial charge in [-0.15, -0.1) is 0 Å². The van der Waals surface area contributed by atoms with E-state index < -0.39 is 0 Å². The maximum Gasteiger partial charge on any atom is 0.0839 e. The number of hydrogen-bond acceptors (Lipinski definition) is 2. The topological polar surface area (TPSA) is 12.5 Å². The van der Waals surface area contributed by atoms with Crippen molar-refractivity contribution in [2.75, 3.05) is 14.1 Å². The molecule has 0 bridgehead atoms. The molecule has 0 saturated carbocycles. The summed E-state index contributed by atoms with van der Waals surface area (Å²) in [6.45, 7) is 0. The molecule has 5 heavy (non-hydrogen) atoms. The zero-order chi connectivity index (χ0) is 4.28. The molecule has 0 aliphatic heterocycles. The molecule has 0 aromatic carbocycles. The lowest BCUT2D eigenvalue weighted by molar-refractivity contribution is 0.00821. The highest BCUT2D eigenvalue weighted by Crippen LogP contribution is 1.78. The van der Waals surface area contributed by atoms with Crippen molar-refractivity contribution in [3.8, 4) is 0 Å². The number of hydroxylamine groups is 2. The Morgan fingerprint density at radius 2 is 1.80 bits per heavy atom. The van der Waals surface area contributed by atoms with Crippen molar-refractivity contribution in [3.05, 3.63) is 0 Å². The minimum atomic E-state index is 1.39. The van der Waals surface area contributed by atoms with Gasteiger partial charge in [0.2, 0.25) is 0 Å². The average molecular weight is 95.5 g/mol. The molecule has 0 aromatic heterocycles. The van der Waals surface area contributed by atoms with Crippen LogP contribution < -0.4 is 0 Å². The van der Waals surface area contributed by atoms with Crippen LogP contribution in [-0.2, 0) is 4.39 Å². The van der Waals surface area contributed by atoms with E-state index >= 15 is 0 Å². The SMILES string of the molecule is CN(C)OCl. The minimum absolute atomic E-state index is 1.39. The molecule has 0 fully saturated rings. The fourth-order valence-electron chi connectivity index (χ4n) is 0. The quantitative estimate of drug-likeness (QED) is 0.443. The summed E-state index contributed by atoms with van der Waals surface area (Å²) in [5.41, 5.74) is 0. The third-order valence-corrected chi connectivity index (χ3v) is 0.414. The largest absolute Gasteiger partial charge is 0.188 e. The molecule has 0 amide bonds. The van der Waals surface area contributed by atoms with E-state index in [-0.39, 0.29) is 0 Å². The molecule has 0 rings (SSSR count). The van der Waals surface area contributed by atoms with E-state index in [0.717, 1.165) is 0 Å². The first-order valence-electron chi connectivity index (χ1n) is 1.23. The Kier molecular flexibility index (Phi) is 2.55. The molecule has 0 aliphatic carbocycles. The van der Waals surface area contributed by atoms with E-state index in [1.165, 1.54) is 5.06 Å². The Bertz CT molecular complexity index is 23.6. The van der Waals surface area contributed by atoms with Crippen LogP contribution in [0.25, 0.3) is 0 Å². The number of nitrogens with zero attached hydrogens (tertiary/aromatic N) is 1. The normalized spacial score (nSPS) is 9.60. The molecule has 3 heteroatoms. The maximum atomic E-state index is 4.76. The standard InChI is InChI=1S/C2H6ClNO/c1-4(2)5-3/h1-2H3. The van der Waals surface area contributed by atoms with E-state index in [4.69, 9.17) is 11.9 Å². The monoisotopic (exact) mass is 95.0 g/mol. The lowest BCUT2D eigenvalue weighted by Crippen LogP contribution is -2.03. The van der Waals surface area contributed by atoms with Gasteiger partial charge in [0.15, 0.2) is 0 Å². The second kappa shape index (κ2) is 2.45. The first kappa shape index (κ1) is 5.21. The second-order valence-electron chi connectivity index (χ2n) is 0.881. The Labute approximate surface area is 36.4 Å². The molecule has 0 spiro atoms. The summed E-state index contributed by atoms with van der Waals surface area (Å²) < 4.78 is 4.06. The van der Waals surface area contributed by atoms with Gasteiger partial charge in [0.1, 0.15) is 0 Å². The smallest absolute Gasteiger partial charge is 0.0839 e. The zero-order valence-corrected chi connectivity index (χ0v) is 3.99. The van der Waals surface area contributed by atoms with Gasteiger partial charge in [-0.25, -0.2) is 0 Å². The summed E-state index contributed by atoms with van der Waals surface area (Å²) in [5, 5.41) is 1.39. The molecule has 0 radical (unpaired) electrons. The van der Waals surface area contributed by atoms with E-state index in [2.05, 4.69) is 4.39 Å². The Morgan fingerprint density at radius 1 is 1.60 bits per heavy atom. The van der Waals surface area contributed by atoms with Crippen molar-refractivity contribution >= 4 is 11.9 Å². The van der Waals surface area contributed by atoms with Gasteiger partial charge >= 0.3 is 0 Å². The van der Waals surface area contributed by atoms with Crippen LogP contribution in [0.4, 0.5) is 0 Å². The zero-order valence-electron chi connectivity index (χ0n) is 3.23. The Hall–Kier alpha value is 0.210. The van der Waals surface area contributed by atoms with E-state index in [9.17, 15) is 0 Å². The average Bonchev–Trinajstić information content (AvgIpc) is 1.38. The Morgan fingerprint density at radius 3 is 1.80 bits per heavy atom. The van der Waals surface area contributed by atoms with Gasteiger partial charge in [0, 0.05) is 14.1 Å². The fraction of sp³-hybridized carbons (Fsp3) is 1.00. The van der Waals surface area contributed by atoms with Crippen molar-refractivity contribution in [1.82, 2.24) is 5.06 Å². The lowest BCUT2D eigenvalue weighted by atomic mass is 11.2. The van der Waals surface area contributed by atoms with Crippen LogP contribution in [0.5, 0.6) is 0 Å². The van der Waals surface area contributed by atoms with Gasteiger partial charge in [-0.1, -0.05) is 0 Å². The predicted molar refractivity (Wildman–Crippen MR) is 20.6 cm³/mol. The van der Waals surface area contributed by atoms with Gasteiger partial charge < -0.3 is 0 Å². The number of halogens is 1. The molecular formula is C2H6ClNO. The van der Waals surface area contributed by atoms with Gasteiger partial charge in [0.25, 0.3) is 0 Å². The van der Waals surface area contributed by atoms with Crippen LogP contribution in [0.2, 0.25) is 0 Å². The molecule has 0 saturated heterocycles. The summed E-state index contributed by atoms with van der Waals surface area (Å²) in [5.74, 6) is 0. The van der Waals surface area contributed by atoms with Crippen molar-refractivity contribution < 1.29 is 4.39 Å². The summed E-state index contributed by atoms with van der Waals surface area (Å²) in [4.78, 5) is 0. The summed E-state index contributed by atoms with van der Waals surface area (Å²) in [7, 11) is 3.40. The molecule has 0 aliphatic rings. The first-order valence-corrected chi connectivity index (χ1v) is 1.54. The summed E-state index contributed by atoms with van der Waals surface area (Å²) in [6.07, 6.45) is 0. The van der Waals surface area contributed by atoms with Crippen LogP contribution in [0.3, 0.4) is 0 Å². The maximum absolute atomic E-state index is 4.76. The van der Waals surface area contributed by atoms with Crippen LogP contribution >= 0.6 is 11.9 Å². The molecule has 0 aromatic rings. The predicted octanol–water partition coefficient (Wildman–Crippen LogP) is 0.633. The highest BCUT2D eigenvalue weighted by Gasteiger charge is 1.74. The number of hydrogen-bond donors (Lipinski definition) is 0. The van der Waals surface area contributed by atoms with E-state index in [0.29, 0.717) is 0 Å². The van der Waals surface area contributed by atoms with Gasteiger partial charge in [-0.3, -0.25) is 0 Å². The second-order valence-corrected chi connectivity index (χ2v) is 1.02. The molecule has 0 N–H and O–H groups in total. The molecule has 32 valence electrons.